The molecule has 9 nitrogen and oxygen atoms in total. The first-order valence-corrected chi connectivity index (χ1v) is 42.2. The number of pyridine rings is 2. The number of hydrogen-bond donors (Lipinski definition) is 0. The molecule has 0 bridgehead atoms. The van der Waals surface area contributed by atoms with Gasteiger partial charge in [-0.25, -0.2) is 15.0 Å². The smallest absolute Gasteiger partial charge is 0.307 e. The predicted octanol–water partition coefficient (Wildman–Crippen LogP) is 23.6. The summed E-state index contributed by atoms with van der Waals surface area (Å²) in [4.78, 5) is 20.4. The zero-order valence-electron chi connectivity index (χ0n) is 77.6. The minimum atomic E-state index is -2.76. The number of benzene rings is 10. The molecule has 2 aliphatic heterocycles. The van der Waals surface area contributed by atoms with Gasteiger partial charge in [-0.2, -0.15) is 4.98 Å². The van der Waals surface area contributed by atoms with Gasteiger partial charge in [0.2, 0.25) is 11.7 Å². The number of oxazole rings is 1. The molecule has 0 spiro atoms. The molecule has 0 fully saturated rings. The van der Waals surface area contributed by atoms with E-state index in [2.05, 4.69) is 107 Å². The number of rotatable bonds is 7. The Morgan fingerprint density at radius 2 is 1.03 bits per heavy atom. The van der Waals surface area contributed by atoms with E-state index in [0.29, 0.717) is 67.5 Å². The van der Waals surface area contributed by atoms with E-state index in [9.17, 15) is 0 Å². The summed E-state index contributed by atoms with van der Waals surface area (Å²) < 4.78 is 168. The first-order chi connectivity index (χ1) is 57.0. The zero-order valence-corrected chi connectivity index (χ0v) is 63.5. The number of imidazole rings is 3. The third-order valence-electron chi connectivity index (χ3n) is 23.1. The third-order valence-corrected chi connectivity index (χ3v) is 34.7. The van der Waals surface area contributed by atoms with Crippen LogP contribution in [0, 0.1) is 34.3 Å². The lowest BCUT2D eigenvalue weighted by Crippen LogP contribution is -2.57. The number of para-hydroxylation sites is 6. The van der Waals surface area contributed by atoms with E-state index in [1.54, 1.807) is 78.6 Å². The summed E-state index contributed by atoms with van der Waals surface area (Å²) in [5.41, 5.74) is 13.6. The zero-order chi connectivity index (χ0) is 87.4. The van der Waals surface area contributed by atoms with Crippen molar-refractivity contribution in [2.45, 2.75) is 148 Å². The molecule has 6 aromatic heterocycles. The lowest BCUT2D eigenvalue weighted by atomic mass is 9.81. The molecule has 8 heterocycles. The summed E-state index contributed by atoms with van der Waals surface area (Å²) in [6.07, 6.45) is 1.56. The van der Waals surface area contributed by atoms with Crippen molar-refractivity contribution in [3.05, 3.63) is 269 Å². The van der Waals surface area contributed by atoms with Crippen molar-refractivity contribution in [1.82, 2.24) is 33.3 Å². The molecular formula is C93H89N7O2SSi2. The third kappa shape index (κ3) is 10.5. The Morgan fingerprint density at radius 1 is 0.495 bits per heavy atom. The normalized spacial score (nSPS) is 18.0. The van der Waals surface area contributed by atoms with Crippen LogP contribution in [0.1, 0.15) is 129 Å². The first kappa shape index (κ1) is 50.9. The van der Waals surface area contributed by atoms with Crippen LogP contribution in [0.4, 0.5) is 0 Å². The number of ether oxygens (including phenoxy) is 1. The maximum absolute atomic E-state index is 8.90. The van der Waals surface area contributed by atoms with Gasteiger partial charge in [-0.3, -0.25) is 13.4 Å². The monoisotopic (exact) mass is 1440 g/mol. The van der Waals surface area contributed by atoms with Crippen molar-refractivity contribution in [3.8, 4) is 73.0 Å². The SMILES string of the molecule is [2H]C([2H])([2H])c1ccc(-c2c(C(C)(C)C)ccc3c2Sc2ncccc2C(C)(C)[Si]3(C)C)cc1-c1cc(-n2c3ccccc3n3c4ccccc4nc23)ccc1C([2H])([2H])[2H].[2H]C([2H])([2H])c1ccc(-c2c(C([2H])([2H])[2H])ccc3c2Oc2ncccc2C(C)(C)[Si]3(C)C)cc1-c1cc(-c2c(C([2H])([2H])C)ccc3c2oc2nc4ccccc4n23)ccc1C([2H])([2H])[2H]. The van der Waals surface area contributed by atoms with E-state index in [1.807, 2.05) is 130 Å². The molecule has 0 aliphatic carbocycles. The fraction of sp³-hybridized carbons (Fsp3) is 0.226. The van der Waals surface area contributed by atoms with Gasteiger partial charge >= 0.3 is 5.84 Å². The summed E-state index contributed by atoms with van der Waals surface area (Å²) in [6, 6.07) is 62.8. The van der Waals surface area contributed by atoms with E-state index in [4.69, 9.17) is 42.4 Å². The second-order valence-corrected chi connectivity index (χ2v) is 42.0. The highest BCUT2D eigenvalue weighted by molar-refractivity contribution is 7.99. The van der Waals surface area contributed by atoms with Gasteiger partial charge in [0.15, 0.2) is 5.58 Å². The van der Waals surface area contributed by atoms with Crippen LogP contribution in [-0.2, 0) is 21.9 Å². The van der Waals surface area contributed by atoms with E-state index in [0.717, 1.165) is 64.9 Å². The lowest BCUT2D eigenvalue weighted by Gasteiger charge is -2.41. The topological polar surface area (TPSA) is 87.7 Å². The van der Waals surface area contributed by atoms with Crippen molar-refractivity contribution in [2.24, 2.45) is 0 Å². The molecule has 0 atom stereocenters. The summed E-state index contributed by atoms with van der Waals surface area (Å²) in [5.74, 6) is 1.59. The number of fused-ring (bicyclic) bond motifs is 14. The highest BCUT2D eigenvalue weighted by Gasteiger charge is 2.49. The van der Waals surface area contributed by atoms with E-state index in [-0.39, 0.29) is 66.4 Å². The second kappa shape index (κ2) is 24.6. The number of aryl methyl sites for hydroxylation is 6. The Labute approximate surface area is 646 Å². The van der Waals surface area contributed by atoms with Gasteiger partial charge in [-0.05, 0) is 240 Å². The van der Waals surface area contributed by atoms with E-state index in [1.165, 1.54) is 29.8 Å². The van der Waals surface area contributed by atoms with Crippen molar-refractivity contribution in [1.29, 1.82) is 0 Å². The average molecular weight is 1440 g/mol. The maximum Gasteiger partial charge on any atom is 0.307 e. The van der Waals surface area contributed by atoms with Crippen molar-refractivity contribution in [2.75, 3.05) is 0 Å². The van der Waals surface area contributed by atoms with Crippen LogP contribution in [0.5, 0.6) is 11.6 Å². The van der Waals surface area contributed by atoms with Gasteiger partial charge in [0.05, 0.1) is 54.8 Å². The molecule has 0 radical (unpaired) electrons. The van der Waals surface area contributed by atoms with Gasteiger partial charge in [0.25, 0.3) is 0 Å². The quantitative estimate of drug-likeness (QED) is 0.147. The van der Waals surface area contributed by atoms with Crippen LogP contribution >= 0.6 is 11.8 Å². The minimum Gasteiger partial charge on any atom is -0.438 e. The average Bonchev–Trinajstić information content (AvgIpc) is 1.58. The van der Waals surface area contributed by atoms with Crippen molar-refractivity contribution < 1.29 is 32.5 Å². The molecule has 0 N–H and O–H groups in total. The largest absolute Gasteiger partial charge is 0.438 e. The van der Waals surface area contributed by atoms with Gasteiger partial charge in [-0.1, -0.05) is 215 Å². The molecule has 0 unspecified atom stereocenters. The van der Waals surface area contributed by atoms with Crippen LogP contribution in [0.15, 0.2) is 233 Å². The fourth-order valence-electron chi connectivity index (χ4n) is 16.0. The Bertz CT molecular complexity index is 7010. The molecule has 0 saturated carbocycles. The number of hydrogen-bond acceptors (Lipinski definition) is 7. The number of nitrogens with zero attached hydrogens (tertiary/aromatic N) is 7. The summed E-state index contributed by atoms with van der Waals surface area (Å²) in [6.45, 7) is 13.0. The summed E-state index contributed by atoms with van der Waals surface area (Å²) in [7, 11) is -4.88. The molecule has 522 valence electrons. The molecule has 18 rings (SSSR count). The number of aromatic nitrogens is 7. The highest BCUT2D eigenvalue weighted by Crippen LogP contribution is 2.52. The molecule has 0 amide bonds. The fourth-order valence-corrected chi connectivity index (χ4v) is 23.8. The molecule has 105 heavy (non-hydrogen) atoms. The van der Waals surface area contributed by atoms with Crippen molar-refractivity contribution >= 4 is 94.1 Å². The van der Waals surface area contributed by atoms with E-state index < -0.39 is 61.8 Å². The van der Waals surface area contributed by atoms with Gasteiger partial charge in [0, 0.05) is 63.0 Å². The maximum atomic E-state index is 8.90. The molecule has 2 aliphatic rings. The Hall–Kier alpha value is -10.4. The Kier molecular flexibility index (Phi) is 11.9. The second-order valence-electron chi connectivity index (χ2n) is 30.9. The van der Waals surface area contributed by atoms with Crippen LogP contribution in [0.3, 0.4) is 0 Å². The van der Waals surface area contributed by atoms with Gasteiger partial charge < -0.3 is 9.15 Å². The molecule has 12 heteroatoms. The molecule has 0 saturated heterocycles. The molecule has 10 aromatic carbocycles. The van der Waals surface area contributed by atoms with Crippen LogP contribution in [-0.4, -0.2) is 49.5 Å². The van der Waals surface area contributed by atoms with Crippen LogP contribution in [0.2, 0.25) is 26.2 Å². The van der Waals surface area contributed by atoms with E-state index >= 15 is 0 Å². The molecule has 16 aromatic rings. The van der Waals surface area contributed by atoms with Gasteiger partial charge in [-0.15, -0.1) is 0 Å². The predicted molar refractivity (Wildman–Crippen MR) is 444 cm³/mol. The van der Waals surface area contributed by atoms with Crippen molar-refractivity contribution in [3.63, 3.8) is 0 Å². The van der Waals surface area contributed by atoms with Crippen LogP contribution < -0.4 is 15.1 Å². The lowest BCUT2D eigenvalue weighted by molar-refractivity contribution is 0.457. The minimum absolute atomic E-state index is 0.0301. The van der Waals surface area contributed by atoms with Gasteiger partial charge in [0.1, 0.15) is 10.8 Å². The standard InChI is InChI=1S/C47H46N4SSi.C46H43N3O2Si/c1-29-20-22-31(42-35(46(3,4)5)24-25-41-43(42)52-44-36(15-14-26-48-44)47(6,7)53(41,8)9)27-33(29)34-28-32(23-21-30(34)2)50-39-18-12-13-19-40(39)51-38-17-11-10-16-37(38)49-45(50)51;1-9-30-21-22-38-42(51-45-48-36-14-10-11-15-37(36)49(38)45)41(30)32-20-17-28(3)34(26-32)33-25-31(19-16-27(33)2)40-29(4)18-23-39-43(40)50-44-35(13-12-24-47-44)46(5,6)52(39,7)8/h10-28H,1-9H3;10-26H,9H2,1-8H3/i1D3,2D3;2D3,3D3,4D3,9D2. The Balaban J connectivity index is 0.000000174. The first-order valence-electron chi connectivity index (χ1n) is 43.9. The Morgan fingerprint density at radius 3 is 1.68 bits per heavy atom. The summed E-state index contributed by atoms with van der Waals surface area (Å²) in [5, 5.41) is 2.56. The van der Waals surface area contributed by atoms with Crippen LogP contribution in [0.25, 0.3) is 117 Å². The highest BCUT2D eigenvalue weighted by atomic mass is 32.2. The molecular weight excluding hydrogens is 1340 g/mol. The summed E-state index contributed by atoms with van der Waals surface area (Å²) >= 11 is 1.69.